The second-order valence-corrected chi connectivity index (χ2v) is 10.4. The molecular formula is C27H29N3O5S. The average Bonchev–Trinajstić information content (AvgIpc) is 3.53. The van der Waals surface area contributed by atoms with Crippen LogP contribution in [0.15, 0.2) is 66.0 Å². The molecule has 1 aliphatic rings. The van der Waals surface area contributed by atoms with Crippen molar-refractivity contribution < 1.29 is 23.9 Å². The fourth-order valence-electron chi connectivity index (χ4n) is 3.86. The molecule has 188 valence electrons. The molecule has 8 nitrogen and oxygen atoms in total. The van der Waals surface area contributed by atoms with E-state index in [1.165, 1.54) is 16.2 Å². The van der Waals surface area contributed by atoms with Gasteiger partial charge in [0.1, 0.15) is 6.04 Å². The van der Waals surface area contributed by atoms with Crippen molar-refractivity contribution in [3.05, 3.63) is 82.0 Å². The molecule has 2 heterocycles. The highest BCUT2D eigenvalue weighted by Gasteiger charge is 2.33. The lowest BCUT2D eigenvalue weighted by Gasteiger charge is -2.34. The van der Waals surface area contributed by atoms with Crippen molar-refractivity contribution in [2.75, 3.05) is 13.3 Å². The fourth-order valence-corrected chi connectivity index (χ4v) is 4.50. The molecule has 3 amide bonds. The lowest BCUT2D eigenvalue weighted by molar-refractivity contribution is -0.141. The molecule has 9 heteroatoms. The van der Waals surface area contributed by atoms with Crippen molar-refractivity contribution in [1.82, 2.24) is 15.5 Å². The molecule has 0 radical (unpaired) electrons. The number of thiophene rings is 1. The maximum Gasteiger partial charge on any atom is 0.261 e. The first-order valence-electron chi connectivity index (χ1n) is 11.6. The van der Waals surface area contributed by atoms with Crippen molar-refractivity contribution in [2.45, 2.75) is 38.9 Å². The summed E-state index contributed by atoms with van der Waals surface area (Å²) in [4.78, 5) is 41.7. The average molecular weight is 508 g/mol. The van der Waals surface area contributed by atoms with Crippen LogP contribution in [-0.4, -0.2) is 41.5 Å². The quantitative estimate of drug-likeness (QED) is 0.482. The highest BCUT2D eigenvalue weighted by molar-refractivity contribution is 7.12. The Bertz CT molecular complexity index is 1220. The number of amides is 3. The highest BCUT2D eigenvalue weighted by Crippen LogP contribution is 2.34. The molecule has 0 bridgehead atoms. The van der Waals surface area contributed by atoms with E-state index in [0.29, 0.717) is 21.9 Å². The number of hydrogen-bond donors (Lipinski definition) is 2. The van der Waals surface area contributed by atoms with Gasteiger partial charge in [-0.1, -0.05) is 42.5 Å². The summed E-state index contributed by atoms with van der Waals surface area (Å²) in [5.74, 6) is 0.172. The van der Waals surface area contributed by atoms with Gasteiger partial charge in [-0.3, -0.25) is 14.4 Å². The minimum absolute atomic E-state index is 0.126. The van der Waals surface area contributed by atoms with Crippen LogP contribution in [0, 0.1) is 0 Å². The third-order valence-corrected chi connectivity index (χ3v) is 6.30. The van der Waals surface area contributed by atoms with Gasteiger partial charge < -0.3 is 25.0 Å². The Morgan fingerprint density at radius 1 is 1.00 bits per heavy atom. The van der Waals surface area contributed by atoms with Crippen molar-refractivity contribution in [1.29, 1.82) is 0 Å². The van der Waals surface area contributed by atoms with Crippen LogP contribution in [-0.2, 0) is 16.1 Å². The summed E-state index contributed by atoms with van der Waals surface area (Å²) in [5, 5.41) is 7.49. The number of rotatable bonds is 8. The van der Waals surface area contributed by atoms with Crippen LogP contribution in [0.3, 0.4) is 0 Å². The summed E-state index contributed by atoms with van der Waals surface area (Å²) in [6, 6.07) is 17.1. The molecule has 0 saturated carbocycles. The van der Waals surface area contributed by atoms with Gasteiger partial charge in [0, 0.05) is 12.1 Å². The number of fused-ring (bicyclic) bond motifs is 1. The Hall–Kier alpha value is -3.85. The number of carbonyl (C=O) groups excluding carboxylic acids is 3. The van der Waals surface area contributed by atoms with Crippen LogP contribution >= 0.6 is 11.3 Å². The summed E-state index contributed by atoms with van der Waals surface area (Å²) >= 11 is 1.29. The first kappa shape index (κ1) is 25.2. The molecule has 0 spiro atoms. The summed E-state index contributed by atoms with van der Waals surface area (Å²) in [7, 11) is 0. The maximum absolute atomic E-state index is 13.6. The lowest BCUT2D eigenvalue weighted by atomic mass is 10.0. The minimum Gasteiger partial charge on any atom is -0.454 e. The molecule has 1 aromatic heterocycles. The molecule has 0 aliphatic carbocycles. The van der Waals surface area contributed by atoms with E-state index in [0.717, 1.165) is 5.56 Å². The van der Waals surface area contributed by atoms with E-state index in [1.54, 1.807) is 29.6 Å². The molecule has 2 N–H and O–H groups in total. The number of carbonyl (C=O) groups is 3. The van der Waals surface area contributed by atoms with Crippen molar-refractivity contribution in [2.24, 2.45) is 0 Å². The van der Waals surface area contributed by atoms with E-state index in [1.807, 2.05) is 57.2 Å². The second-order valence-electron chi connectivity index (χ2n) is 9.42. The van der Waals surface area contributed by atoms with E-state index < -0.39 is 17.5 Å². The van der Waals surface area contributed by atoms with Gasteiger partial charge in [0.25, 0.3) is 5.91 Å². The Balaban J connectivity index is 1.66. The SMILES string of the molecule is CC(C)(C)NC(=O)[C@H](c1ccccc1)N(Cc1ccc2c(c1)OCO2)C(=O)CNC(=O)c1cccs1. The third-order valence-electron chi connectivity index (χ3n) is 5.43. The predicted octanol–water partition coefficient (Wildman–Crippen LogP) is 3.89. The molecule has 2 aromatic carbocycles. The second kappa shape index (κ2) is 10.8. The summed E-state index contributed by atoms with van der Waals surface area (Å²) in [6.07, 6.45) is 0. The number of nitrogens with one attached hydrogen (secondary N) is 2. The Morgan fingerprint density at radius 3 is 2.44 bits per heavy atom. The Labute approximate surface area is 214 Å². The summed E-state index contributed by atoms with van der Waals surface area (Å²) in [6.45, 7) is 5.67. The zero-order valence-electron chi connectivity index (χ0n) is 20.4. The molecule has 0 unspecified atom stereocenters. The largest absolute Gasteiger partial charge is 0.454 e. The van der Waals surface area contributed by atoms with Crippen molar-refractivity contribution >= 4 is 29.1 Å². The molecule has 3 aromatic rings. The summed E-state index contributed by atoms with van der Waals surface area (Å²) in [5.41, 5.74) is 0.921. The van der Waals surface area contributed by atoms with Gasteiger partial charge in [0.15, 0.2) is 11.5 Å². The zero-order valence-corrected chi connectivity index (χ0v) is 21.3. The number of hydrogen-bond acceptors (Lipinski definition) is 6. The molecule has 1 aliphatic heterocycles. The van der Waals surface area contributed by atoms with Crippen molar-refractivity contribution in [3.63, 3.8) is 0 Å². The van der Waals surface area contributed by atoms with E-state index >= 15 is 0 Å². The molecular weight excluding hydrogens is 478 g/mol. The summed E-state index contributed by atoms with van der Waals surface area (Å²) < 4.78 is 10.9. The normalized spacial score (nSPS) is 13.1. The minimum atomic E-state index is -0.915. The lowest BCUT2D eigenvalue weighted by Crippen LogP contribution is -2.50. The molecule has 0 saturated heterocycles. The predicted molar refractivity (Wildman–Crippen MR) is 137 cm³/mol. The van der Waals surface area contributed by atoms with Gasteiger partial charge in [-0.05, 0) is 55.5 Å². The monoisotopic (exact) mass is 507 g/mol. The number of nitrogens with zero attached hydrogens (tertiary/aromatic N) is 1. The van der Waals surface area contributed by atoms with Crippen LogP contribution in [0.5, 0.6) is 11.5 Å². The molecule has 4 rings (SSSR count). The molecule has 0 fully saturated rings. The Morgan fingerprint density at radius 2 is 1.75 bits per heavy atom. The van der Waals surface area contributed by atoms with E-state index in [2.05, 4.69) is 10.6 Å². The maximum atomic E-state index is 13.6. The van der Waals surface area contributed by atoms with Crippen LogP contribution in [0.25, 0.3) is 0 Å². The van der Waals surface area contributed by atoms with Crippen LogP contribution in [0.2, 0.25) is 0 Å². The van der Waals surface area contributed by atoms with Gasteiger partial charge in [0.05, 0.1) is 11.4 Å². The standard InChI is InChI=1S/C27H29N3O5S/c1-27(2,3)29-26(33)24(19-8-5-4-6-9-19)30(16-18-11-12-20-21(14-18)35-17-34-20)23(31)15-28-25(32)22-10-7-13-36-22/h4-14,24H,15-17H2,1-3H3,(H,28,32)(H,29,33)/t24-/m0/s1. The van der Waals surface area contributed by atoms with Gasteiger partial charge in [0.2, 0.25) is 18.6 Å². The van der Waals surface area contributed by atoms with E-state index in [9.17, 15) is 14.4 Å². The first-order valence-corrected chi connectivity index (χ1v) is 12.5. The van der Waals surface area contributed by atoms with Gasteiger partial charge in [-0.2, -0.15) is 0 Å². The fraction of sp³-hybridized carbons (Fsp3) is 0.296. The zero-order chi connectivity index (χ0) is 25.7. The Kier molecular flexibility index (Phi) is 7.59. The van der Waals surface area contributed by atoms with Gasteiger partial charge >= 0.3 is 0 Å². The van der Waals surface area contributed by atoms with E-state index in [4.69, 9.17) is 9.47 Å². The molecule has 36 heavy (non-hydrogen) atoms. The van der Waals surface area contributed by atoms with Crippen molar-refractivity contribution in [3.8, 4) is 11.5 Å². The number of ether oxygens (including phenoxy) is 2. The van der Waals surface area contributed by atoms with Crippen LogP contribution < -0.4 is 20.1 Å². The van der Waals surface area contributed by atoms with Crippen LogP contribution in [0.4, 0.5) is 0 Å². The van der Waals surface area contributed by atoms with Crippen LogP contribution in [0.1, 0.15) is 47.6 Å². The third kappa shape index (κ3) is 6.23. The van der Waals surface area contributed by atoms with Gasteiger partial charge in [-0.25, -0.2) is 0 Å². The molecule has 1 atom stereocenters. The van der Waals surface area contributed by atoms with E-state index in [-0.39, 0.29) is 31.7 Å². The topological polar surface area (TPSA) is 97.0 Å². The highest BCUT2D eigenvalue weighted by atomic mass is 32.1. The van der Waals surface area contributed by atoms with Gasteiger partial charge in [-0.15, -0.1) is 11.3 Å². The first-order chi connectivity index (χ1) is 17.2. The smallest absolute Gasteiger partial charge is 0.261 e. The number of benzene rings is 2.